The fourth-order valence-electron chi connectivity index (χ4n) is 2.21. The molecule has 0 heterocycles. The van der Waals surface area contributed by atoms with Gasteiger partial charge in [0.05, 0.1) is 34.1 Å². The second-order valence-electron chi connectivity index (χ2n) is 5.41. The molecule has 0 aliphatic carbocycles. The minimum atomic E-state index is -3.46. The monoisotopic (exact) mass is 374 g/mol. The molecule has 0 fully saturated rings. The number of anilines is 1. The average molecular weight is 374 g/mol. The third-order valence-electron chi connectivity index (χ3n) is 3.50. The average Bonchev–Trinajstić information content (AvgIpc) is 2.56. The predicted molar refractivity (Wildman–Crippen MR) is 96.1 cm³/mol. The van der Waals surface area contributed by atoms with Gasteiger partial charge in [-0.3, -0.25) is 4.79 Å². The minimum Gasteiger partial charge on any atom is -0.493 e. The smallest absolute Gasteiger partial charge is 0.239 e. The third-order valence-corrected chi connectivity index (χ3v) is 4.75. The highest BCUT2D eigenvalue weighted by Crippen LogP contribution is 2.39. The van der Waals surface area contributed by atoms with E-state index in [1.54, 1.807) is 12.1 Å². The summed E-state index contributed by atoms with van der Waals surface area (Å²) in [6.07, 6.45) is 2.61. The molecule has 0 aliphatic heterocycles. The SMILES string of the molecule is CCCCN(CC(=O)Nc1cc(OC)c(OC)c(OC)c1)S(C)(=O)=O. The van der Waals surface area contributed by atoms with Gasteiger partial charge < -0.3 is 19.5 Å². The number of hydrogen-bond acceptors (Lipinski definition) is 6. The highest BCUT2D eigenvalue weighted by Gasteiger charge is 2.20. The fraction of sp³-hybridized carbons (Fsp3) is 0.562. The number of unbranched alkanes of at least 4 members (excludes halogenated alkanes) is 1. The second-order valence-corrected chi connectivity index (χ2v) is 7.39. The van der Waals surface area contributed by atoms with Gasteiger partial charge in [-0.15, -0.1) is 0 Å². The summed E-state index contributed by atoms with van der Waals surface area (Å²) in [5.74, 6) is 0.741. The first-order valence-electron chi connectivity index (χ1n) is 7.81. The van der Waals surface area contributed by atoms with Gasteiger partial charge in [-0.1, -0.05) is 13.3 Å². The normalized spacial score (nSPS) is 11.3. The van der Waals surface area contributed by atoms with Gasteiger partial charge in [-0.05, 0) is 6.42 Å². The molecule has 0 radical (unpaired) electrons. The maximum absolute atomic E-state index is 12.3. The van der Waals surface area contributed by atoms with Gasteiger partial charge in [0.1, 0.15) is 0 Å². The summed E-state index contributed by atoms with van der Waals surface area (Å²) in [5.41, 5.74) is 0.420. The second kappa shape index (κ2) is 9.47. The summed E-state index contributed by atoms with van der Waals surface area (Å²) >= 11 is 0. The molecule has 25 heavy (non-hydrogen) atoms. The van der Waals surface area contributed by atoms with Gasteiger partial charge in [-0.2, -0.15) is 4.31 Å². The van der Waals surface area contributed by atoms with Crippen molar-refractivity contribution < 1.29 is 27.4 Å². The summed E-state index contributed by atoms with van der Waals surface area (Å²) in [7, 11) is 0.967. The largest absolute Gasteiger partial charge is 0.493 e. The molecular formula is C16H26N2O6S. The molecule has 1 rings (SSSR count). The lowest BCUT2D eigenvalue weighted by molar-refractivity contribution is -0.116. The Kier molecular flexibility index (Phi) is 7.98. The van der Waals surface area contributed by atoms with Gasteiger partial charge in [-0.25, -0.2) is 8.42 Å². The molecule has 9 heteroatoms. The van der Waals surface area contributed by atoms with E-state index in [4.69, 9.17) is 14.2 Å². The van der Waals surface area contributed by atoms with Gasteiger partial charge >= 0.3 is 0 Å². The summed E-state index contributed by atoms with van der Waals surface area (Å²) in [6.45, 7) is 2.00. The molecule has 0 atom stereocenters. The Labute approximate surface area is 149 Å². The molecule has 1 aromatic rings. The number of benzene rings is 1. The van der Waals surface area contributed by atoms with Gasteiger partial charge in [0.2, 0.25) is 21.7 Å². The first-order chi connectivity index (χ1) is 11.8. The van der Waals surface area contributed by atoms with E-state index < -0.39 is 15.9 Å². The van der Waals surface area contributed by atoms with E-state index >= 15 is 0 Å². The summed E-state index contributed by atoms with van der Waals surface area (Å²) in [6, 6.07) is 3.16. The number of hydrogen-bond donors (Lipinski definition) is 1. The molecule has 1 aromatic carbocycles. The molecule has 0 bridgehead atoms. The Morgan fingerprint density at radius 2 is 1.68 bits per heavy atom. The zero-order valence-electron chi connectivity index (χ0n) is 15.3. The number of ether oxygens (including phenoxy) is 3. The van der Waals surface area contributed by atoms with E-state index in [0.29, 0.717) is 35.9 Å². The van der Waals surface area contributed by atoms with Crippen LogP contribution in [0.4, 0.5) is 5.69 Å². The van der Waals surface area contributed by atoms with Crippen LogP contribution in [-0.2, 0) is 14.8 Å². The molecule has 0 unspecified atom stereocenters. The molecule has 0 spiro atoms. The highest BCUT2D eigenvalue weighted by atomic mass is 32.2. The van der Waals surface area contributed by atoms with Crippen molar-refractivity contribution in [3.05, 3.63) is 12.1 Å². The van der Waals surface area contributed by atoms with E-state index in [9.17, 15) is 13.2 Å². The van der Waals surface area contributed by atoms with E-state index in [1.807, 2.05) is 6.92 Å². The molecule has 1 N–H and O–H groups in total. The molecule has 0 saturated carbocycles. The predicted octanol–water partition coefficient (Wildman–Crippen LogP) is 1.71. The van der Waals surface area contributed by atoms with Crippen molar-refractivity contribution in [1.29, 1.82) is 0 Å². The third kappa shape index (κ3) is 6.09. The Balaban J connectivity index is 2.95. The van der Waals surface area contributed by atoms with Crippen LogP contribution in [0.1, 0.15) is 19.8 Å². The Bertz CT molecular complexity index is 665. The summed E-state index contributed by atoms with van der Waals surface area (Å²) < 4.78 is 40.4. The van der Waals surface area contributed by atoms with Crippen LogP contribution in [0.3, 0.4) is 0 Å². The highest BCUT2D eigenvalue weighted by molar-refractivity contribution is 7.88. The van der Waals surface area contributed by atoms with Gasteiger partial charge in [0, 0.05) is 24.4 Å². The minimum absolute atomic E-state index is 0.254. The Morgan fingerprint density at radius 3 is 2.08 bits per heavy atom. The number of nitrogens with zero attached hydrogens (tertiary/aromatic N) is 1. The Morgan fingerprint density at radius 1 is 1.12 bits per heavy atom. The van der Waals surface area contributed by atoms with Crippen molar-refractivity contribution in [2.45, 2.75) is 19.8 Å². The molecule has 8 nitrogen and oxygen atoms in total. The number of methoxy groups -OCH3 is 3. The number of carbonyl (C=O) groups excluding carboxylic acids is 1. The van der Waals surface area contributed by atoms with Crippen LogP contribution in [0, 0.1) is 0 Å². The standard InChI is InChI=1S/C16H26N2O6S/c1-6-7-8-18(25(5,20)21)11-15(19)17-12-9-13(22-2)16(24-4)14(10-12)23-3/h9-10H,6-8,11H2,1-5H3,(H,17,19). The van der Waals surface area contributed by atoms with Gasteiger partial charge in [0.25, 0.3) is 0 Å². The fourth-order valence-corrected chi connectivity index (χ4v) is 3.02. The lowest BCUT2D eigenvalue weighted by Crippen LogP contribution is -2.38. The number of rotatable bonds is 10. The topological polar surface area (TPSA) is 94.2 Å². The van der Waals surface area contributed by atoms with E-state index in [0.717, 1.165) is 17.0 Å². The molecule has 0 saturated heterocycles. The van der Waals surface area contributed by atoms with Crippen molar-refractivity contribution >= 4 is 21.6 Å². The van der Waals surface area contributed by atoms with Crippen LogP contribution in [0.25, 0.3) is 0 Å². The van der Waals surface area contributed by atoms with Crippen LogP contribution >= 0.6 is 0 Å². The van der Waals surface area contributed by atoms with Crippen molar-refractivity contribution in [3.63, 3.8) is 0 Å². The first kappa shape index (κ1) is 21.0. The molecule has 0 aliphatic rings. The quantitative estimate of drug-likeness (QED) is 0.670. The maximum atomic E-state index is 12.3. The van der Waals surface area contributed by atoms with E-state index in [-0.39, 0.29) is 6.54 Å². The van der Waals surface area contributed by atoms with Crippen LogP contribution in [-0.4, -0.2) is 59.3 Å². The molecular weight excluding hydrogens is 348 g/mol. The zero-order chi connectivity index (χ0) is 19.0. The molecule has 1 amide bonds. The number of carbonyl (C=O) groups is 1. The molecule has 142 valence electrons. The first-order valence-corrected chi connectivity index (χ1v) is 9.66. The van der Waals surface area contributed by atoms with Crippen LogP contribution in [0.15, 0.2) is 12.1 Å². The summed E-state index contributed by atoms with van der Waals surface area (Å²) in [5, 5.41) is 2.66. The van der Waals surface area contributed by atoms with Crippen LogP contribution in [0.2, 0.25) is 0 Å². The number of amides is 1. The van der Waals surface area contributed by atoms with Gasteiger partial charge in [0.15, 0.2) is 11.5 Å². The van der Waals surface area contributed by atoms with E-state index in [1.165, 1.54) is 21.3 Å². The van der Waals surface area contributed by atoms with Crippen molar-refractivity contribution in [2.24, 2.45) is 0 Å². The van der Waals surface area contributed by atoms with Crippen molar-refractivity contribution in [3.8, 4) is 17.2 Å². The van der Waals surface area contributed by atoms with E-state index in [2.05, 4.69) is 5.32 Å². The van der Waals surface area contributed by atoms with Crippen LogP contribution < -0.4 is 19.5 Å². The lowest BCUT2D eigenvalue weighted by atomic mass is 10.2. The van der Waals surface area contributed by atoms with Crippen molar-refractivity contribution in [2.75, 3.05) is 46.0 Å². The summed E-state index contributed by atoms with van der Waals surface area (Å²) in [4.78, 5) is 12.3. The number of sulfonamides is 1. The zero-order valence-corrected chi connectivity index (χ0v) is 16.1. The van der Waals surface area contributed by atoms with Crippen LogP contribution in [0.5, 0.6) is 17.2 Å². The van der Waals surface area contributed by atoms with Crippen molar-refractivity contribution in [1.82, 2.24) is 4.31 Å². The molecule has 0 aromatic heterocycles. The Hall–Kier alpha value is -2.00. The maximum Gasteiger partial charge on any atom is 0.239 e. The number of nitrogens with one attached hydrogen (secondary N) is 1. The lowest BCUT2D eigenvalue weighted by Gasteiger charge is -2.19.